The van der Waals surface area contributed by atoms with E-state index >= 15 is 0 Å². The van der Waals surface area contributed by atoms with E-state index in [0.717, 1.165) is 22.7 Å². The van der Waals surface area contributed by atoms with E-state index in [-0.39, 0.29) is 12.3 Å². The quantitative estimate of drug-likeness (QED) is 0.642. The number of aromatic nitrogens is 1. The van der Waals surface area contributed by atoms with Crippen molar-refractivity contribution in [3.8, 4) is 0 Å². The summed E-state index contributed by atoms with van der Waals surface area (Å²) in [6, 6.07) is 19.9. The first kappa shape index (κ1) is 18.8. The highest BCUT2D eigenvalue weighted by molar-refractivity contribution is 7.89. The van der Waals surface area contributed by atoms with E-state index < -0.39 is 10.0 Å². The van der Waals surface area contributed by atoms with Gasteiger partial charge in [0.05, 0.1) is 18.0 Å². The third kappa shape index (κ3) is 5.49. The lowest BCUT2D eigenvalue weighted by atomic mass is 10.1. The Morgan fingerprint density at radius 1 is 0.962 bits per heavy atom. The second kappa shape index (κ2) is 8.58. The van der Waals surface area contributed by atoms with Crippen molar-refractivity contribution in [2.75, 3.05) is 5.75 Å². The van der Waals surface area contributed by atoms with Gasteiger partial charge < -0.3 is 0 Å². The molecule has 1 heterocycles. The number of thiazole rings is 1. The summed E-state index contributed by atoms with van der Waals surface area (Å²) in [7, 11) is -3.32. The number of hydrogen-bond acceptors (Lipinski definition) is 4. The van der Waals surface area contributed by atoms with Gasteiger partial charge in [-0.2, -0.15) is 0 Å². The molecule has 2 aromatic carbocycles. The molecule has 0 aliphatic heterocycles. The molecule has 0 aliphatic rings. The lowest BCUT2D eigenvalue weighted by Gasteiger charge is -2.05. The molecular formula is C20H22N2O2S2. The fraction of sp³-hybridized carbons (Fsp3) is 0.250. The van der Waals surface area contributed by atoms with Crippen LogP contribution in [-0.2, 0) is 29.4 Å². The van der Waals surface area contributed by atoms with Gasteiger partial charge in [0.2, 0.25) is 10.0 Å². The molecule has 0 fully saturated rings. The minimum absolute atomic E-state index is 0.0816. The van der Waals surface area contributed by atoms with Gasteiger partial charge in [0.25, 0.3) is 0 Å². The minimum atomic E-state index is -3.32. The number of sulfonamides is 1. The molecule has 0 bridgehead atoms. The molecule has 0 spiro atoms. The molecular weight excluding hydrogens is 364 g/mol. The van der Waals surface area contributed by atoms with Crippen molar-refractivity contribution in [3.05, 3.63) is 87.4 Å². The van der Waals surface area contributed by atoms with E-state index in [0.29, 0.717) is 6.42 Å². The molecule has 0 aliphatic carbocycles. The summed E-state index contributed by atoms with van der Waals surface area (Å²) in [6.07, 6.45) is 1.33. The maximum Gasteiger partial charge on any atom is 0.212 e. The van der Waals surface area contributed by atoms with Crippen LogP contribution in [0.15, 0.2) is 60.7 Å². The molecule has 136 valence electrons. The monoisotopic (exact) mass is 386 g/mol. The number of benzene rings is 2. The summed E-state index contributed by atoms with van der Waals surface area (Å²) in [5.74, 6) is 0.0816. The normalized spacial score (nSPS) is 11.6. The molecule has 1 N–H and O–H groups in total. The van der Waals surface area contributed by atoms with E-state index in [2.05, 4.69) is 21.8 Å². The molecule has 26 heavy (non-hydrogen) atoms. The van der Waals surface area contributed by atoms with Crippen molar-refractivity contribution in [2.45, 2.75) is 26.3 Å². The fourth-order valence-electron chi connectivity index (χ4n) is 2.65. The number of nitrogens with one attached hydrogen (secondary N) is 1. The summed E-state index contributed by atoms with van der Waals surface area (Å²) >= 11 is 1.57. The molecule has 4 nitrogen and oxygen atoms in total. The molecule has 3 rings (SSSR count). The van der Waals surface area contributed by atoms with Crippen LogP contribution in [0.5, 0.6) is 0 Å². The Kier molecular flexibility index (Phi) is 6.19. The van der Waals surface area contributed by atoms with Gasteiger partial charge in [0.1, 0.15) is 5.01 Å². The first-order valence-corrected chi connectivity index (χ1v) is 11.0. The van der Waals surface area contributed by atoms with Crippen LogP contribution < -0.4 is 4.72 Å². The smallest absolute Gasteiger partial charge is 0.212 e. The van der Waals surface area contributed by atoms with Crippen molar-refractivity contribution in [3.63, 3.8) is 0 Å². The van der Waals surface area contributed by atoms with Crippen molar-refractivity contribution >= 4 is 21.4 Å². The summed E-state index contributed by atoms with van der Waals surface area (Å²) < 4.78 is 27.1. The summed E-state index contributed by atoms with van der Waals surface area (Å²) in [4.78, 5) is 5.70. The zero-order chi connectivity index (χ0) is 18.4. The lowest BCUT2D eigenvalue weighted by molar-refractivity contribution is 0.580. The van der Waals surface area contributed by atoms with Crippen LogP contribution in [0.4, 0.5) is 0 Å². The van der Waals surface area contributed by atoms with Gasteiger partial charge in [0.15, 0.2) is 0 Å². The lowest BCUT2D eigenvalue weighted by Crippen LogP contribution is -2.26. The average molecular weight is 387 g/mol. The van der Waals surface area contributed by atoms with Crippen LogP contribution in [0, 0.1) is 6.92 Å². The van der Waals surface area contributed by atoms with Gasteiger partial charge in [0, 0.05) is 11.3 Å². The maximum atomic E-state index is 12.2. The predicted molar refractivity (Wildman–Crippen MR) is 107 cm³/mol. The highest BCUT2D eigenvalue weighted by Crippen LogP contribution is 2.21. The third-order valence-corrected chi connectivity index (χ3v) is 6.57. The van der Waals surface area contributed by atoms with E-state index in [1.54, 1.807) is 11.3 Å². The summed E-state index contributed by atoms with van der Waals surface area (Å²) in [6.45, 7) is 2.22. The van der Waals surface area contributed by atoms with Crippen LogP contribution in [0.2, 0.25) is 0 Å². The van der Waals surface area contributed by atoms with Gasteiger partial charge in [-0.25, -0.2) is 18.1 Å². The average Bonchev–Trinajstić information content (AvgIpc) is 3.00. The van der Waals surface area contributed by atoms with Crippen LogP contribution in [0.3, 0.4) is 0 Å². The Hall–Kier alpha value is -2.02. The zero-order valence-corrected chi connectivity index (χ0v) is 16.3. The number of nitrogens with zero attached hydrogens (tertiary/aromatic N) is 1. The Balaban J connectivity index is 1.56. The standard InChI is InChI=1S/C20H22N2O2S2/c1-16-19(14-18-10-6-3-7-11-18)25-20(22-16)15-21-26(23,24)13-12-17-8-4-2-5-9-17/h2-11,21H,12-15H2,1H3. The highest BCUT2D eigenvalue weighted by atomic mass is 32.2. The molecule has 1 aromatic heterocycles. The third-order valence-electron chi connectivity index (χ3n) is 4.09. The van der Waals surface area contributed by atoms with E-state index in [1.807, 2.05) is 55.5 Å². The predicted octanol–water partition coefficient (Wildman–Crippen LogP) is 3.70. The van der Waals surface area contributed by atoms with E-state index in [4.69, 9.17) is 0 Å². The van der Waals surface area contributed by atoms with Gasteiger partial charge in [-0.1, -0.05) is 60.7 Å². The zero-order valence-electron chi connectivity index (χ0n) is 14.7. The van der Waals surface area contributed by atoms with Crippen LogP contribution in [-0.4, -0.2) is 19.2 Å². The molecule has 0 saturated heterocycles. The first-order valence-electron chi connectivity index (χ1n) is 8.52. The number of rotatable bonds is 8. The SMILES string of the molecule is Cc1nc(CNS(=O)(=O)CCc2ccccc2)sc1Cc1ccccc1. The summed E-state index contributed by atoms with van der Waals surface area (Å²) in [5, 5.41) is 0.803. The molecule has 0 atom stereocenters. The first-order chi connectivity index (χ1) is 12.5. The van der Waals surface area contributed by atoms with Crippen molar-refractivity contribution in [2.24, 2.45) is 0 Å². The van der Waals surface area contributed by atoms with Gasteiger partial charge in [-0.3, -0.25) is 0 Å². The summed E-state index contributed by atoms with van der Waals surface area (Å²) in [5.41, 5.74) is 3.22. The number of hydrogen-bond donors (Lipinski definition) is 1. The fourth-order valence-corrected chi connectivity index (χ4v) is 4.79. The topological polar surface area (TPSA) is 59.1 Å². The van der Waals surface area contributed by atoms with Crippen molar-refractivity contribution in [1.82, 2.24) is 9.71 Å². The van der Waals surface area contributed by atoms with Crippen LogP contribution in [0.25, 0.3) is 0 Å². The van der Waals surface area contributed by atoms with Crippen molar-refractivity contribution in [1.29, 1.82) is 0 Å². The Morgan fingerprint density at radius 2 is 1.58 bits per heavy atom. The van der Waals surface area contributed by atoms with E-state index in [1.165, 1.54) is 10.4 Å². The van der Waals surface area contributed by atoms with Crippen molar-refractivity contribution < 1.29 is 8.42 Å². The van der Waals surface area contributed by atoms with Crippen LogP contribution >= 0.6 is 11.3 Å². The van der Waals surface area contributed by atoms with Crippen LogP contribution in [0.1, 0.15) is 26.7 Å². The second-order valence-corrected chi connectivity index (χ2v) is 9.25. The maximum absolute atomic E-state index is 12.2. The largest absolute Gasteiger partial charge is 0.245 e. The minimum Gasteiger partial charge on any atom is -0.245 e. The van der Waals surface area contributed by atoms with Gasteiger partial charge >= 0.3 is 0 Å². The Morgan fingerprint density at radius 3 is 2.23 bits per heavy atom. The Bertz CT molecular complexity index is 936. The molecule has 0 saturated carbocycles. The molecule has 0 unspecified atom stereocenters. The second-order valence-electron chi connectivity index (χ2n) is 6.15. The molecule has 3 aromatic rings. The molecule has 0 radical (unpaired) electrons. The Labute approximate surface area is 159 Å². The molecule has 6 heteroatoms. The molecule has 0 amide bonds. The van der Waals surface area contributed by atoms with Gasteiger partial charge in [-0.05, 0) is 24.5 Å². The van der Waals surface area contributed by atoms with E-state index in [9.17, 15) is 8.42 Å². The van der Waals surface area contributed by atoms with Gasteiger partial charge in [-0.15, -0.1) is 11.3 Å². The highest BCUT2D eigenvalue weighted by Gasteiger charge is 2.13. The number of aryl methyl sites for hydroxylation is 2.